The van der Waals surface area contributed by atoms with E-state index in [1.807, 2.05) is 10.3 Å². The van der Waals surface area contributed by atoms with Crippen LogP contribution in [0.3, 0.4) is 0 Å². The van der Waals surface area contributed by atoms with Crippen LogP contribution in [0.15, 0.2) is 33.4 Å². The second-order valence-electron chi connectivity index (χ2n) is 5.17. The smallest absolute Gasteiger partial charge is 0.328 e. The summed E-state index contributed by atoms with van der Waals surface area (Å²) in [6.07, 6.45) is 5.29. The third-order valence-corrected chi connectivity index (χ3v) is 4.65. The van der Waals surface area contributed by atoms with Crippen LogP contribution in [0.4, 0.5) is 0 Å². The summed E-state index contributed by atoms with van der Waals surface area (Å²) in [5.74, 6) is 0.0100. The maximum atomic E-state index is 12.4. The Labute approximate surface area is 130 Å². The van der Waals surface area contributed by atoms with Crippen molar-refractivity contribution in [3.8, 4) is 0 Å². The molecule has 0 aromatic carbocycles. The van der Waals surface area contributed by atoms with Crippen molar-refractivity contribution in [2.75, 3.05) is 6.54 Å². The first kappa shape index (κ1) is 14.7. The van der Waals surface area contributed by atoms with Crippen molar-refractivity contribution in [2.45, 2.75) is 31.8 Å². The predicted octanol–water partition coefficient (Wildman–Crippen LogP) is 0.747. The number of nitrogens with one attached hydrogen (secondary N) is 1. The first-order valence-corrected chi connectivity index (χ1v) is 8.02. The average molecular weight is 320 g/mol. The Bertz CT molecular complexity index is 765. The van der Waals surface area contributed by atoms with Crippen LogP contribution in [0.5, 0.6) is 0 Å². The Hall–Kier alpha value is -2.22. The van der Waals surface area contributed by atoms with Crippen LogP contribution in [0.25, 0.3) is 0 Å². The number of nitrogens with zero attached hydrogens (tertiary/aromatic N) is 3. The molecule has 116 valence electrons. The van der Waals surface area contributed by atoms with Crippen LogP contribution >= 0.6 is 11.3 Å². The fraction of sp³-hybridized carbons (Fsp3) is 0.429. The van der Waals surface area contributed by atoms with E-state index in [-0.39, 0.29) is 24.9 Å². The fourth-order valence-electron chi connectivity index (χ4n) is 2.70. The summed E-state index contributed by atoms with van der Waals surface area (Å²) in [4.78, 5) is 43.4. The third-order valence-electron chi connectivity index (χ3n) is 3.77. The second-order valence-corrected chi connectivity index (χ2v) is 6.10. The molecule has 22 heavy (non-hydrogen) atoms. The van der Waals surface area contributed by atoms with Gasteiger partial charge in [0.2, 0.25) is 5.91 Å². The Morgan fingerprint density at radius 3 is 3.05 bits per heavy atom. The van der Waals surface area contributed by atoms with Gasteiger partial charge in [-0.2, -0.15) is 0 Å². The Balaban J connectivity index is 1.66. The molecule has 1 aliphatic rings. The SMILES string of the molecule is O=C(CCn1ccc(=O)[nH]c1=O)N1CCC[C@@H]1c1nccs1. The van der Waals surface area contributed by atoms with Crippen molar-refractivity contribution < 1.29 is 4.79 Å². The van der Waals surface area contributed by atoms with Gasteiger partial charge in [-0.15, -0.1) is 11.3 Å². The highest BCUT2D eigenvalue weighted by atomic mass is 32.1. The number of hydrogen-bond donors (Lipinski definition) is 1. The molecule has 0 unspecified atom stereocenters. The quantitative estimate of drug-likeness (QED) is 0.900. The number of carbonyl (C=O) groups excluding carboxylic acids is 1. The van der Waals surface area contributed by atoms with Gasteiger partial charge in [0, 0.05) is 43.4 Å². The number of thiazole rings is 1. The first-order valence-electron chi connectivity index (χ1n) is 7.14. The number of rotatable bonds is 4. The van der Waals surface area contributed by atoms with Gasteiger partial charge in [0.25, 0.3) is 5.56 Å². The maximum Gasteiger partial charge on any atom is 0.328 e. The molecule has 1 atom stereocenters. The van der Waals surface area contributed by atoms with E-state index in [0.717, 1.165) is 24.4 Å². The minimum atomic E-state index is -0.488. The molecule has 1 saturated heterocycles. The fourth-order valence-corrected chi connectivity index (χ4v) is 3.49. The molecule has 3 rings (SSSR count). The van der Waals surface area contributed by atoms with Crippen molar-refractivity contribution in [2.24, 2.45) is 0 Å². The van der Waals surface area contributed by atoms with Crippen molar-refractivity contribution in [3.63, 3.8) is 0 Å². The lowest BCUT2D eigenvalue weighted by atomic mass is 10.2. The Morgan fingerprint density at radius 1 is 1.45 bits per heavy atom. The second kappa shape index (κ2) is 6.27. The van der Waals surface area contributed by atoms with Gasteiger partial charge in [0.15, 0.2) is 0 Å². The van der Waals surface area contributed by atoms with E-state index in [1.165, 1.54) is 16.8 Å². The molecule has 7 nitrogen and oxygen atoms in total. The van der Waals surface area contributed by atoms with Gasteiger partial charge in [0.1, 0.15) is 5.01 Å². The number of H-pyrrole nitrogens is 1. The molecule has 1 aliphatic heterocycles. The van der Waals surface area contributed by atoms with Gasteiger partial charge < -0.3 is 9.47 Å². The maximum absolute atomic E-state index is 12.4. The highest BCUT2D eigenvalue weighted by molar-refractivity contribution is 7.09. The number of amides is 1. The standard InChI is InChI=1S/C14H16N4O3S/c19-11-3-7-17(14(21)16-11)8-4-12(20)18-6-1-2-10(18)13-15-5-9-22-13/h3,5,7,9-10H,1-2,4,6,8H2,(H,16,19,21)/t10-/m1/s1. The number of aromatic nitrogens is 3. The van der Waals surface area contributed by atoms with Crippen LogP contribution in [-0.4, -0.2) is 31.9 Å². The lowest BCUT2D eigenvalue weighted by Crippen LogP contribution is -2.33. The topological polar surface area (TPSA) is 88.1 Å². The Morgan fingerprint density at radius 2 is 2.32 bits per heavy atom. The summed E-state index contributed by atoms with van der Waals surface area (Å²) in [7, 11) is 0. The number of likely N-dealkylation sites (tertiary alicyclic amines) is 1. The molecule has 0 aliphatic carbocycles. The zero-order chi connectivity index (χ0) is 15.5. The molecule has 0 spiro atoms. The van der Waals surface area contributed by atoms with E-state index in [4.69, 9.17) is 0 Å². The number of carbonyl (C=O) groups is 1. The molecule has 8 heteroatoms. The van der Waals surface area contributed by atoms with Crippen molar-refractivity contribution in [1.29, 1.82) is 0 Å². The summed E-state index contributed by atoms with van der Waals surface area (Å²) in [6, 6.07) is 1.33. The molecule has 2 aromatic heterocycles. The minimum absolute atomic E-state index is 0.0100. The van der Waals surface area contributed by atoms with Gasteiger partial charge in [-0.25, -0.2) is 9.78 Å². The van der Waals surface area contributed by atoms with E-state index in [2.05, 4.69) is 9.97 Å². The largest absolute Gasteiger partial charge is 0.333 e. The molecule has 1 fully saturated rings. The van der Waals surface area contributed by atoms with E-state index >= 15 is 0 Å². The van der Waals surface area contributed by atoms with Gasteiger partial charge in [-0.3, -0.25) is 14.6 Å². The lowest BCUT2D eigenvalue weighted by molar-refractivity contribution is -0.132. The van der Waals surface area contributed by atoms with E-state index < -0.39 is 11.2 Å². The van der Waals surface area contributed by atoms with E-state index in [0.29, 0.717) is 0 Å². The molecule has 0 saturated carbocycles. The summed E-state index contributed by atoms with van der Waals surface area (Å²) in [5, 5.41) is 2.88. The molecule has 0 radical (unpaired) electrons. The first-order chi connectivity index (χ1) is 10.6. The molecule has 1 amide bonds. The summed E-state index contributed by atoms with van der Waals surface area (Å²) in [5.41, 5.74) is -0.922. The summed E-state index contributed by atoms with van der Waals surface area (Å²) in [6.45, 7) is 0.985. The molecule has 0 bridgehead atoms. The number of aryl methyl sites for hydroxylation is 1. The van der Waals surface area contributed by atoms with Gasteiger partial charge in [-0.1, -0.05) is 0 Å². The highest BCUT2D eigenvalue weighted by Gasteiger charge is 2.31. The van der Waals surface area contributed by atoms with Crippen LogP contribution in [0, 0.1) is 0 Å². The van der Waals surface area contributed by atoms with E-state index in [1.54, 1.807) is 17.5 Å². The highest BCUT2D eigenvalue weighted by Crippen LogP contribution is 2.33. The van der Waals surface area contributed by atoms with E-state index in [9.17, 15) is 14.4 Å². The van der Waals surface area contributed by atoms with Gasteiger partial charge >= 0.3 is 5.69 Å². The molecule has 1 N–H and O–H groups in total. The number of hydrogen-bond acceptors (Lipinski definition) is 5. The van der Waals surface area contributed by atoms with Crippen molar-refractivity contribution >= 4 is 17.2 Å². The minimum Gasteiger partial charge on any atom is -0.333 e. The van der Waals surface area contributed by atoms with Crippen molar-refractivity contribution in [3.05, 3.63) is 49.7 Å². The molecule has 3 heterocycles. The summed E-state index contributed by atoms with van der Waals surface area (Å²) >= 11 is 1.56. The third kappa shape index (κ3) is 3.01. The normalized spacial score (nSPS) is 17.8. The zero-order valence-corrected chi connectivity index (χ0v) is 12.7. The predicted molar refractivity (Wildman–Crippen MR) is 81.7 cm³/mol. The van der Waals surface area contributed by atoms with Gasteiger partial charge in [0.05, 0.1) is 6.04 Å². The zero-order valence-electron chi connectivity index (χ0n) is 11.9. The average Bonchev–Trinajstić information content (AvgIpc) is 3.16. The van der Waals surface area contributed by atoms with Gasteiger partial charge in [-0.05, 0) is 12.8 Å². The molecular weight excluding hydrogens is 304 g/mol. The van der Waals surface area contributed by atoms with Crippen molar-refractivity contribution in [1.82, 2.24) is 19.4 Å². The van der Waals surface area contributed by atoms with Crippen LogP contribution in [-0.2, 0) is 11.3 Å². The van der Waals surface area contributed by atoms with Crippen LogP contribution < -0.4 is 11.2 Å². The van der Waals surface area contributed by atoms with Crippen LogP contribution in [0.2, 0.25) is 0 Å². The van der Waals surface area contributed by atoms with Crippen LogP contribution in [0.1, 0.15) is 30.3 Å². The number of aromatic amines is 1. The molecule has 2 aromatic rings. The lowest BCUT2D eigenvalue weighted by Gasteiger charge is -2.23. The Kier molecular flexibility index (Phi) is 4.19. The summed E-state index contributed by atoms with van der Waals surface area (Å²) < 4.78 is 1.34. The molecular formula is C14H16N4O3S. The monoisotopic (exact) mass is 320 g/mol.